The van der Waals surface area contributed by atoms with Crippen molar-refractivity contribution in [2.24, 2.45) is 11.8 Å². The predicted molar refractivity (Wildman–Crippen MR) is 155 cm³/mol. The van der Waals surface area contributed by atoms with E-state index in [-0.39, 0.29) is 0 Å². The van der Waals surface area contributed by atoms with Gasteiger partial charge in [0.1, 0.15) is 0 Å². The smallest absolute Gasteiger partial charge is 0.000967 e. The van der Waals surface area contributed by atoms with Gasteiger partial charge in [-0.05, 0) is 96.3 Å². The van der Waals surface area contributed by atoms with Gasteiger partial charge in [0.05, 0.1) is 0 Å². The maximum atomic E-state index is 2.68. The molecule has 0 spiro atoms. The molecule has 0 heterocycles. The summed E-state index contributed by atoms with van der Waals surface area (Å²) in [5.74, 6) is 1.80. The fourth-order valence-corrected chi connectivity index (χ4v) is 9.80. The van der Waals surface area contributed by atoms with Gasteiger partial charge >= 0.3 is 0 Å². The van der Waals surface area contributed by atoms with Crippen LogP contribution >= 0.6 is 0 Å². The van der Waals surface area contributed by atoms with Crippen LogP contribution in [-0.2, 0) is 10.8 Å². The molecule has 0 radical (unpaired) electrons. The Morgan fingerprint density at radius 2 is 0.944 bits per heavy atom. The first-order chi connectivity index (χ1) is 17.8. The summed E-state index contributed by atoms with van der Waals surface area (Å²) < 4.78 is 0. The molecule has 36 heavy (non-hydrogen) atoms. The van der Waals surface area contributed by atoms with Gasteiger partial charge in [0.2, 0.25) is 0 Å². The van der Waals surface area contributed by atoms with Gasteiger partial charge in [-0.2, -0.15) is 0 Å². The molecule has 0 aliphatic heterocycles. The highest BCUT2D eigenvalue weighted by molar-refractivity contribution is 5.71. The Hall–Kier alpha value is -1.56. The van der Waals surface area contributed by atoms with Gasteiger partial charge in [-0.3, -0.25) is 0 Å². The molecule has 0 saturated heterocycles. The summed E-state index contributed by atoms with van der Waals surface area (Å²) in [5.41, 5.74) is 7.64. The molecule has 0 atom stereocenters. The summed E-state index contributed by atoms with van der Waals surface area (Å²) in [6.45, 7) is 0. The molecule has 0 N–H and O–H groups in total. The fourth-order valence-electron chi connectivity index (χ4n) is 9.80. The molecular weight excluding hydrogens is 432 g/mol. The first-order valence-corrected chi connectivity index (χ1v) is 16.0. The minimum Gasteiger partial charge on any atom is -0.0622 e. The van der Waals surface area contributed by atoms with Crippen molar-refractivity contribution in [1.29, 1.82) is 0 Å². The predicted octanol–water partition coefficient (Wildman–Crippen LogP) is 10.9. The Balaban J connectivity index is 1.59. The molecule has 0 heteroatoms. The summed E-state index contributed by atoms with van der Waals surface area (Å²) in [4.78, 5) is 0. The van der Waals surface area contributed by atoms with Crippen molar-refractivity contribution in [1.82, 2.24) is 0 Å². The van der Waals surface area contributed by atoms with Gasteiger partial charge in [0, 0.05) is 0 Å². The molecular formula is C36H50. The van der Waals surface area contributed by atoms with Crippen LogP contribution in [0.3, 0.4) is 0 Å². The zero-order valence-electron chi connectivity index (χ0n) is 22.9. The maximum absolute atomic E-state index is 2.68. The van der Waals surface area contributed by atoms with Gasteiger partial charge in [0.25, 0.3) is 0 Å². The fraction of sp³-hybridized carbons (Fsp3) is 0.667. The number of benzene rings is 2. The van der Waals surface area contributed by atoms with Gasteiger partial charge < -0.3 is 0 Å². The van der Waals surface area contributed by atoms with Gasteiger partial charge in [0.15, 0.2) is 0 Å². The van der Waals surface area contributed by atoms with E-state index in [9.17, 15) is 0 Å². The molecule has 6 rings (SSSR count). The monoisotopic (exact) mass is 482 g/mol. The van der Waals surface area contributed by atoms with Gasteiger partial charge in [-0.25, -0.2) is 0 Å². The largest absolute Gasteiger partial charge is 0.0622 e. The van der Waals surface area contributed by atoms with E-state index in [0.717, 1.165) is 11.8 Å². The van der Waals surface area contributed by atoms with Gasteiger partial charge in [-0.15, -0.1) is 0 Å². The van der Waals surface area contributed by atoms with E-state index in [1.807, 2.05) is 11.1 Å². The van der Waals surface area contributed by atoms with E-state index >= 15 is 0 Å². The molecule has 4 saturated carbocycles. The standard InChI is InChI=1S/C36H50/c1-6-17-29(18-7-1)32-23-16-24-33(35(25-12-4-13-26-35)30-19-8-2-9-20-30)34(32)36(27-14-5-15-28-36)31-21-10-3-11-22-31/h1,6-7,16-18,23-24,30-31H,2-5,8-15,19-22,25-28H2. The first kappa shape index (κ1) is 24.8. The zero-order chi connectivity index (χ0) is 24.3. The van der Waals surface area contributed by atoms with Crippen molar-refractivity contribution in [2.45, 2.75) is 139 Å². The Bertz CT molecular complexity index is 960. The third kappa shape index (κ3) is 4.50. The molecule has 4 fully saturated rings. The lowest BCUT2D eigenvalue weighted by atomic mass is 9.51. The summed E-state index contributed by atoms with van der Waals surface area (Å²) in [6, 6.07) is 19.3. The first-order valence-electron chi connectivity index (χ1n) is 16.0. The maximum Gasteiger partial charge on any atom is -0.000967 e. The van der Waals surface area contributed by atoms with Crippen LogP contribution in [-0.4, -0.2) is 0 Å². The summed E-state index contributed by atoms with van der Waals surface area (Å²) in [7, 11) is 0. The normalized spacial score (nSPS) is 25.4. The van der Waals surface area contributed by atoms with E-state index in [1.165, 1.54) is 134 Å². The second-order valence-electron chi connectivity index (χ2n) is 13.2. The van der Waals surface area contributed by atoms with E-state index in [2.05, 4.69) is 48.5 Å². The van der Waals surface area contributed by atoms with Crippen molar-refractivity contribution in [3.63, 3.8) is 0 Å². The number of hydrogen-bond acceptors (Lipinski definition) is 0. The lowest BCUT2D eigenvalue weighted by Crippen LogP contribution is -2.45. The summed E-state index contributed by atoms with van der Waals surface area (Å²) in [6.07, 6.45) is 29.1. The Morgan fingerprint density at radius 3 is 1.53 bits per heavy atom. The van der Waals surface area contributed by atoms with Crippen molar-refractivity contribution in [3.8, 4) is 11.1 Å². The van der Waals surface area contributed by atoms with Crippen molar-refractivity contribution < 1.29 is 0 Å². The van der Waals surface area contributed by atoms with Crippen LogP contribution in [0.15, 0.2) is 48.5 Å². The molecule has 4 aliphatic rings. The highest BCUT2D eigenvalue weighted by atomic mass is 14.5. The lowest BCUT2D eigenvalue weighted by molar-refractivity contribution is 0.126. The van der Waals surface area contributed by atoms with E-state index in [1.54, 1.807) is 5.56 Å². The van der Waals surface area contributed by atoms with Crippen molar-refractivity contribution in [3.05, 3.63) is 59.7 Å². The molecule has 2 aromatic rings. The number of rotatable bonds is 5. The minimum absolute atomic E-state index is 0.402. The molecule has 0 unspecified atom stereocenters. The molecule has 0 nitrogen and oxygen atoms in total. The second-order valence-corrected chi connectivity index (χ2v) is 13.2. The highest BCUT2D eigenvalue weighted by Gasteiger charge is 2.49. The molecule has 2 aromatic carbocycles. The van der Waals surface area contributed by atoms with Crippen molar-refractivity contribution in [2.75, 3.05) is 0 Å². The molecule has 0 amide bonds. The Morgan fingerprint density at radius 1 is 0.444 bits per heavy atom. The molecule has 0 bridgehead atoms. The van der Waals surface area contributed by atoms with E-state index in [4.69, 9.17) is 0 Å². The quantitative estimate of drug-likeness (QED) is 0.397. The van der Waals surface area contributed by atoms with Crippen LogP contribution in [0.2, 0.25) is 0 Å². The van der Waals surface area contributed by atoms with Crippen LogP contribution in [0.5, 0.6) is 0 Å². The average molecular weight is 483 g/mol. The second kappa shape index (κ2) is 11.0. The Kier molecular flexibility index (Phi) is 7.60. The van der Waals surface area contributed by atoms with Crippen LogP contribution < -0.4 is 0 Å². The summed E-state index contributed by atoms with van der Waals surface area (Å²) in [5, 5.41) is 0. The minimum atomic E-state index is 0.402. The summed E-state index contributed by atoms with van der Waals surface area (Å²) >= 11 is 0. The van der Waals surface area contributed by atoms with E-state index < -0.39 is 0 Å². The third-order valence-electron chi connectivity index (χ3n) is 11.4. The molecule has 194 valence electrons. The molecule has 0 aromatic heterocycles. The van der Waals surface area contributed by atoms with Crippen LogP contribution in [0.25, 0.3) is 11.1 Å². The number of hydrogen-bond donors (Lipinski definition) is 0. The molecule has 4 aliphatic carbocycles. The average Bonchev–Trinajstić information content (AvgIpc) is 2.99. The van der Waals surface area contributed by atoms with Gasteiger partial charge in [-0.1, -0.05) is 126 Å². The van der Waals surface area contributed by atoms with Crippen LogP contribution in [0.4, 0.5) is 0 Å². The lowest BCUT2D eigenvalue weighted by Gasteiger charge is -2.53. The topological polar surface area (TPSA) is 0 Å². The Labute approximate surface area is 221 Å². The van der Waals surface area contributed by atoms with Crippen LogP contribution in [0.1, 0.15) is 140 Å². The SMILES string of the molecule is c1ccc(-c2cccc(C3(C4CCCCC4)CCCCC3)c2C2(C3CCCCC3)CCCCC2)cc1. The third-order valence-corrected chi connectivity index (χ3v) is 11.4. The highest BCUT2D eigenvalue weighted by Crippen LogP contribution is 2.59. The van der Waals surface area contributed by atoms with Crippen LogP contribution in [0, 0.1) is 11.8 Å². The van der Waals surface area contributed by atoms with Crippen molar-refractivity contribution >= 4 is 0 Å². The van der Waals surface area contributed by atoms with E-state index in [0.29, 0.717) is 10.8 Å². The zero-order valence-corrected chi connectivity index (χ0v) is 22.9.